The molecule has 0 bridgehead atoms. The van der Waals surface area contributed by atoms with Crippen LogP contribution in [0.4, 0.5) is 0 Å². The molecule has 0 spiro atoms. The van der Waals surface area contributed by atoms with Crippen LogP contribution < -0.4 is 18.9 Å². The Bertz CT molecular complexity index is 815. The number of benzene rings is 2. The molecule has 0 radical (unpaired) electrons. The maximum absolute atomic E-state index is 12.5. The summed E-state index contributed by atoms with van der Waals surface area (Å²) in [5, 5.41) is 0. The second kappa shape index (κ2) is 8.19. The van der Waals surface area contributed by atoms with E-state index in [1.165, 1.54) is 27.2 Å². The molecule has 0 aliphatic carbocycles. The van der Waals surface area contributed by atoms with Gasteiger partial charge in [-0.15, -0.1) is 0 Å². The summed E-state index contributed by atoms with van der Waals surface area (Å²) in [5.74, 6) is 0.544. The molecule has 0 aliphatic rings. The maximum Gasteiger partial charge on any atom is 0.343 e. The van der Waals surface area contributed by atoms with Crippen molar-refractivity contribution in [2.75, 3.05) is 21.3 Å². The van der Waals surface area contributed by atoms with Gasteiger partial charge in [-0.1, -0.05) is 0 Å². The number of hydrogen-bond donors (Lipinski definition) is 0. The minimum absolute atomic E-state index is 0.0829. The second-order valence-corrected chi connectivity index (χ2v) is 6.16. The fraction of sp³-hybridized carbons (Fsp3) is 0.222. The second-order valence-electron chi connectivity index (χ2n) is 5.00. The molecule has 0 N–H and O–H groups in total. The van der Waals surface area contributed by atoms with Gasteiger partial charge in [0.1, 0.15) is 28.6 Å². The molecule has 25 heavy (non-hydrogen) atoms. The van der Waals surface area contributed by atoms with E-state index in [0.29, 0.717) is 17.1 Å². The number of carbonyl (C=O) groups excluding carboxylic acids is 2. The zero-order valence-corrected chi connectivity index (χ0v) is 16.4. The molecule has 2 aromatic carbocycles. The summed E-state index contributed by atoms with van der Waals surface area (Å²) in [4.78, 5) is 24.5. The van der Waals surface area contributed by atoms with Gasteiger partial charge < -0.3 is 18.9 Å². The first-order valence-electron chi connectivity index (χ1n) is 7.24. The van der Waals surface area contributed by atoms with Crippen LogP contribution >= 0.6 is 22.6 Å². The third kappa shape index (κ3) is 4.22. The molecule has 0 amide bonds. The molecular formula is C18H17IO6. The monoisotopic (exact) mass is 456 g/mol. The Morgan fingerprint density at radius 3 is 2.04 bits per heavy atom. The van der Waals surface area contributed by atoms with E-state index in [9.17, 15) is 9.59 Å². The molecule has 0 aromatic heterocycles. The molecule has 0 aliphatic heterocycles. The van der Waals surface area contributed by atoms with Gasteiger partial charge >= 0.3 is 5.97 Å². The van der Waals surface area contributed by atoms with Crippen LogP contribution in [-0.2, 0) is 0 Å². The van der Waals surface area contributed by atoms with Crippen molar-refractivity contribution in [1.82, 2.24) is 0 Å². The van der Waals surface area contributed by atoms with E-state index in [0.717, 1.165) is 3.57 Å². The Balaban J connectivity index is 2.43. The smallest absolute Gasteiger partial charge is 0.343 e. The molecule has 0 heterocycles. The third-order valence-electron chi connectivity index (χ3n) is 3.44. The van der Waals surface area contributed by atoms with Crippen LogP contribution in [0.25, 0.3) is 0 Å². The SMILES string of the molecule is COc1cc(OC)c(C(C)=O)c(OC(=O)c2ccc(OC)c(I)c2)c1. The number of ketones is 1. The lowest BCUT2D eigenvalue weighted by Gasteiger charge is -2.14. The molecule has 2 aromatic rings. The zero-order valence-electron chi connectivity index (χ0n) is 14.2. The van der Waals surface area contributed by atoms with E-state index in [4.69, 9.17) is 18.9 Å². The number of halogens is 1. The fourth-order valence-corrected chi connectivity index (χ4v) is 2.96. The minimum Gasteiger partial charge on any atom is -0.496 e. The summed E-state index contributed by atoms with van der Waals surface area (Å²) >= 11 is 2.06. The summed E-state index contributed by atoms with van der Waals surface area (Å²) in [6.45, 7) is 1.37. The van der Waals surface area contributed by atoms with Crippen LogP contribution in [0.3, 0.4) is 0 Å². The summed E-state index contributed by atoms with van der Waals surface area (Å²) in [7, 11) is 4.45. The van der Waals surface area contributed by atoms with E-state index in [2.05, 4.69) is 22.6 Å². The van der Waals surface area contributed by atoms with Gasteiger partial charge in [-0.2, -0.15) is 0 Å². The summed E-state index contributed by atoms with van der Waals surface area (Å²) in [6.07, 6.45) is 0. The average molecular weight is 456 g/mol. The van der Waals surface area contributed by atoms with Gasteiger partial charge in [0.15, 0.2) is 5.78 Å². The van der Waals surface area contributed by atoms with Gasteiger partial charge in [0, 0.05) is 12.1 Å². The van der Waals surface area contributed by atoms with Crippen molar-refractivity contribution in [1.29, 1.82) is 0 Å². The summed E-state index contributed by atoms with van der Waals surface area (Å²) < 4.78 is 21.8. The largest absolute Gasteiger partial charge is 0.496 e. The first kappa shape index (κ1) is 19.0. The lowest BCUT2D eigenvalue weighted by molar-refractivity contribution is 0.0732. The Hall–Kier alpha value is -2.29. The van der Waals surface area contributed by atoms with Crippen molar-refractivity contribution in [3.8, 4) is 23.0 Å². The zero-order chi connectivity index (χ0) is 18.6. The molecule has 0 unspecified atom stereocenters. The molecule has 132 valence electrons. The lowest BCUT2D eigenvalue weighted by atomic mass is 10.1. The van der Waals surface area contributed by atoms with E-state index in [-0.39, 0.29) is 22.8 Å². The van der Waals surface area contributed by atoms with Crippen LogP contribution in [0.1, 0.15) is 27.6 Å². The Labute approximate surface area is 159 Å². The predicted octanol–water partition coefficient (Wildman–Crippen LogP) is 3.74. The molecule has 0 fully saturated rings. The first-order chi connectivity index (χ1) is 11.9. The highest BCUT2D eigenvalue weighted by Crippen LogP contribution is 2.35. The van der Waals surface area contributed by atoms with Crippen molar-refractivity contribution in [3.63, 3.8) is 0 Å². The van der Waals surface area contributed by atoms with E-state index in [1.807, 2.05) is 0 Å². The van der Waals surface area contributed by atoms with Gasteiger partial charge in [0.25, 0.3) is 0 Å². The van der Waals surface area contributed by atoms with Crippen LogP contribution in [-0.4, -0.2) is 33.1 Å². The van der Waals surface area contributed by atoms with Crippen molar-refractivity contribution < 1.29 is 28.5 Å². The molecule has 0 saturated heterocycles. The van der Waals surface area contributed by atoms with Crippen LogP contribution in [0, 0.1) is 3.57 Å². The van der Waals surface area contributed by atoms with Gasteiger partial charge in [-0.05, 0) is 47.7 Å². The van der Waals surface area contributed by atoms with E-state index >= 15 is 0 Å². The average Bonchev–Trinajstić information content (AvgIpc) is 2.60. The summed E-state index contributed by atoms with van der Waals surface area (Å²) in [5.41, 5.74) is 0.515. The Kier molecular flexibility index (Phi) is 6.24. The van der Waals surface area contributed by atoms with E-state index in [1.54, 1.807) is 31.4 Å². The minimum atomic E-state index is -0.599. The fourth-order valence-electron chi connectivity index (χ4n) is 2.22. The third-order valence-corrected chi connectivity index (χ3v) is 4.28. The van der Waals surface area contributed by atoms with Gasteiger partial charge in [0.2, 0.25) is 0 Å². The highest BCUT2D eigenvalue weighted by molar-refractivity contribution is 14.1. The number of carbonyl (C=O) groups is 2. The topological polar surface area (TPSA) is 71.1 Å². The summed E-state index contributed by atoms with van der Waals surface area (Å²) in [6, 6.07) is 7.95. The highest BCUT2D eigenvalue weighted by atomic mass is 127. The maximum atomic E-state index is 12.5. The number of methoxy groups -OCH3 is 3. The van der Waals surface area contributed by atoms with Crippen LogP contribution in [0.5, 0.6) is 23.0 Å². The normalized spacial score (nSPS) is 10.1. The number of ether oxygens (including phenoxy) is 4. The number of hydrogen-bond acceptors (Lipinski definition) is 6. The number of rotatable bonds is 6. The highest BCUT2D eigenvalue weighted by Gasteiger charge is 2.21. The van der Waals surface area contributed by atoms with E-state index < -0.39 is 5.97 Å². The van der Waals surface area contributed by atoms with Gasteiger partial charge in [-0.25, -0.2) is 4.79 Å². The Morgan fingerprint density at radius 2 is 1.52 bits per heavy atom. The first-order valence-corrected chi connectivity index (χ1v) is 8.31. The molecule has 2 rings (SSSR count). The van der Waals surface area contributed by atoms with Crippen molar-refractivity contribution in [2.24, 2.45) is 0 Å². The standard InChI is InChI=1S/C18H17IO6/c1-10(20)17-15(24-4)8-12(22-2)9-16(17)25-18(21)11-5-6-14(23-3)13(19)7-11/h5-9H,1-4H3. The lowest BCUT2D eigenvalue weighted by Crippen LogP contribution is -2.12. The van der Waals surface area contributed by atoms with Crippen molar-refractivity contribution >= 4 is 34.3 Å². The quantitative estimate of drug-likeness (QED) is 0.286. The predicted molar refractivity (Wildman–Crippen MR) is 100 cm³/mol. The van der Waals surface area contributed by atoms with Crippen LogP contribution in [0.15, 0.2) is 30.3 Å². The molecule has 7 heteroatoms. The van der Waals surface area contributed by atoms with Crippen molar-refractivity contribution in [3.05, 3.63) is 45.0 Å². The van der Waals surface area contributed by atoms with Crippen molar-refractivity contribution in [2.45, 2.75) is 6.92 Å². The van der Waals surface area contributed by atoms with Gasteiger partial charge in [0.05, 0.1) is 30.5 Å². The molecule has 0 saturated carbocycles. The number of esters is 1. The van der Waals surface area contributed by atoms with Gasteiger partial charge in [-0.3, -0.25) is 4.79 Å². The number of Topliss-reactive ketones (excluding diaryl/α,β-unsaturated/α-hetero) is 1. The molecule has 6 nitrogen and oxygen atoms in total. The molecule has 0 atom stereocenters. The van der Waals surface area contributed by atoms with Crippen LogP contribution in [0.2, 0.25) is 0 Å². The Morgan fingerprint density at radius 1 is 0.880 bits per heavy atom. The molecular weight excluding hydrogens is 439 g/mol.